The van der Waals surface area contributed by atoms with Crippen molar-refractivity contribution in [1.29, 1.82) is 0 Å². The lowest BCUT2D eigenvalue weighted by Gasteiger charge is -2.34. The molecule has 0 saturated carbocycles. The van der Waals surface area contributed by atoms with Crippen molar-refractivity contribution in [2.24, 2.45) is 0 Å². The molecule has 1 saturated heterocycles. The monoisotopic (exact) mass is 472 g/mol. The Morgan fingerprint density at radius 2 is 1.71 bits per heavy atom. The van der Waals surface area contributed by atoms with Crippen molar-refractivity contribution < 1.29 is 33.2 Å². The van der Waals surface area contributed by atoms with Gasteiger partial charge in [-0.1, -0.05) is 60.7 Å². The van der Waals surface area contributed by atoms with Crippen LogP contribution in [0.4, 0.5) is 9.18 Å². The maximum atomic E-state index is 15.9. The molecule has 2 heterocycles. The molecule has 182 valence electrons. The SMILES string of the molecule is COC[C@]1(COCc2ccccc2)O[C@@H](N2C=CC(O)NC2=O)[C@H](F)[C@@H]1OCc1ccccc1. The molecule has 0 radical (unpaired) electrons. The highest BCUT2D eigenvalue weighted by Crippen LogP contribution is 2.39. The topological polar surface area (TPSA) is 89.5 Å². The Morgan fingerprint density at radius 3 is 2.32 bits per heavy atom. The molecule has 0 aromatic heterocycles. The molecule has 1 unspecified atom stereocenters. The fourth-order valence-corrected chi connectivity index (χ4v) is 4.15. The first-order chi connectivity index (χ1) is 16.5. The first-order valence-corrected chi connectivity index (χ1v) is 11.1. The molecule has 2 aliphatic rings. The summed E-state index contributed by atoms with van der Waals surface area (Å²) >= 11 is 0. The van der Waals surface area contributed by atoms with E-state index in [1.54, 1.807) is 0 Å². The van der Waals surface area contributed by atoms with Crippen LogP contribution < -0.4 is 5.32 Å². The second-order valence-electron chi connectivity index (χ2n) is 8.29. The number of hydrogen-bond acceptors (Lipinski definition) is 6. The maximum absolute atomic E-state index is 15.9. The highest BCUT2D eigenvalue weighted by Gasteiger charge is 2.59. The van der Waals surface area contributed by atoms with Gasteiger partial charge < -0.3 is 29.4 Å². The lowest BCUT2D eigenvalue weighted by atomic mass is 9.97. The van der Waals surface area contributed by atoms with Gasteiger partial charge in [0.15, 0.2) is 12.4 Å². The van der Waals surface area contributed by atoms with Gasteiger partial charge in [-0.2, -0.15) is 0 Å². The molecule has 5 atom stereocenters. The number of urea groups is 1. The fraction of sp³-hybridized carbons (Fsp3) is 0.400. The molecular weight excluding hydrogens is 443 g/mol. The summed E-state index contributed by atoms with van der Waals surface area (Å²) in [5, 5.41) is 12.0. The molecule has 34 heavy (non-hydrogen) atoms. The van der Waals surface area contributed by atoms with Crippen molar-refractivity contribution >= 4 is 6.03 Å². The van der Waals surface area contributed by atoms with Gasteiger partial charge in [-0.3, -0.25) is 4.90 Å². The number of benzene rings is 2. The smallest absolute Gasteiger partial charge is 0.325 e. The summed E-state index contributed by atoms with van der Waals surface area (Å²) in [4.78, 5) is 13.5. The van der Waals surface area contributed by atoms with E-state index < -0.39 is 36.4 Å². The second-order valence-corrected chi connectivity index (χ2v) is 8.29. The summed E-state index contributed by atoms with van der Waals surface area (Å²) in [6.45, 7) is 0.403. The molecule has 4 rings (SSSR count). The van der Waals surface area contributed by atoms with Gasteiger partial charge in [0, 0.05) is 13.3 Å². The number of alkyl halides is 1. The van der Waals surface area contributed by atoms with Crippen LogP contribution in [0, 0.1) is 0 Å². The number of aliphatic hydroxyl groups excluding tert-OH is 1. The van der Waals surface area contributed by atoms with Crippen LogP contribution in [0.2, 0.25) is 0 Å². The number of aliphatic hydroxyl groups is 1. The number of methoxy groups -OCH3 is 1. The molecule has 1 fully saturated rings. The average Bonchev–Trinajstić information content (AvgIpc) is 3.10. The minimum atomic E-state index is -1.70. The van der Waals surface area contributed by atoms with Gasteiger partial charge in [-0.25, -0.2) is 9.18 Å². The van der Waals surface area contributed by atoms with Gasteiger partial charge in [-0.15, -0.1) is 0 Å². The van der Waals surface area contributed by atoms with E-state index in [0.29, 0.717) is 6.61 Å². The van der Waals surface area contributed by atoms with Gasteiger partial charge in [0.25, 0.3) is 0 Å². The maximum Gasteiger partial charge on any atom is 0.325 e. The number of nitrogens with zero attached hydrogens (tertiary/aromatic N) is 1. The molecule has 8 nitrogen and oxygen atoms in total. The van der Waals surface area contributed by atoms with E-state index in [0.717, 1.165) is 16.0 Å². The lowest BCUT2D eigenvalue weighted by Crippen LogP contribution is -2.52. The van der Waals surface area contributed by atoms with Crippen molar-refractivity contribution in [3.8, 4) is 0 Å². The van der Waals surface area contributed by atoms with Crippen molar-refractivity contribution in [3.05, 3.63) is 84.1 Å². The summed E-state index contributed by atoms with van der Waals surface area (Å²) in [5.41, 5.74) is 0.510. The number of amides is 2. The molecule has 2 N–H and O–H groups in total. The van der Waals surface area contributed by atoms with Crippen molar-refractivity contribution in [1.82, 2.24) is 10.2 Å². The predicted molar refractivity (Wildman–Crippen MR) is 121 cm³/mol. The second kappa shape index (κ2) is 11.1. The fourth-order valence-electron chi connectivity index (χ4n) is 4.15. The van der Waals surface area contributed by atoms with E-state index >= 15 is 4.39 Å². The third kappa shape index (κ3) is 5.45. The Kier molecular flexibility index (Phi) is 7.91. The van der Waals surface area contributed by atoms with Gasteiger partial charge in [0.05, 0.1) is 26.4 Å². The van der Waals surface area contributed by atoms with Crippen LogP contribution in [0.1, 0.15) is 11.1 Å². The average molecular weight is 473 g/mol. The van der Waals surface area contributed by atoms with Crippen molar-refractivity contribution in [2.75, 3.05) is 20.3 Å². The minimum absolute atomic E-state index is 0.0139. The third-order valence-electron chi connectivity index (χ3n) is 5.76. The molecule has 0 spiro atoms. The predicted octanol–water partition coefficient (Wildman–Crippen LogP) is 2.73. The molecule has 9 heteroatoms. The summed E-state index contributed by atoms with van der Waals surface area (Å²) < 4.78 is 39.5. The van der Waals surface area contributed by atoms with Gasteiger partial charge >= 0.3 is 6.03 Å². The Bertz CT molecular complexity index is 962. The number of halogens is 1. The summed E-state index contributed by atoms with van der Waals surface area (Å²) in [6.07, 6.45) is -2.58. The number of carbonyl (C=O) groups is 1. The largest absolute Gasteiger partial charge is 0.381 e. The molecule has 2 aromatic rings. The van der Waals surface area contributed by atoms with E-state index in [4.69, 9.17) is 18.9 Å². The first-order valence-electron chi connectivity index (χ1n) is 11.1. The zero-order valence-corrected chi connectivity index (χ0v) is 18.9. The molecule has 2 amide bonds. The van der Waals surface area contributed by atoms with Crippen LogP contribution in [-0.4, -0.2) is 66.7 Å². The van der Waals surface area contributed by atoms with Crippen LogP contribution in [0.5, 0.6) is 0 Å². The van der Waals surface area contributed by atoms with E-state index in [1.165, 1.54) is 19.4 Å². The van der Waals surface area contributed by atoms with E-state index in [2.05, 4.69) is 5.32 Å². The Balaban J connectivity index is 1.57. The Morgan fingerprint density at radius 1 is 1.06 bits per heavy atom. The number of carbonyl (C=O) groups excluding carboxylic acids is 1. The van der Waals surface area contributed by atoms with Crippen LogP contribution in [0.3, 0.4) is 0 Å². The summed E-state index contributed by atoms with van der Waals surface area (Å²) in [6, 6.07) is 18.3. The normalized spacial score (nSPS) is 28.8. The Hall–Kier alpha value is -2.82. The van der Waals surface area contributed by atoms with Crippen LogP contribution >= 0.6 is 0 Å². The molecule has 0 aliphatic carbocycles. The zero-order valence-electron chi connectivity index (χ0n) is 18.9. The molecule has 2 aromatic carbocycles. The van der Waals surface area contributed by atoms with Gasteiger partial charge in [0.1, 0.15) is 17.9 Å². The van der Waals surface area contributed by atoms with E-state index in [-0.39, 0.29) is 19.8 Å². The minimum Gasteiger partial charge on any atom is -0.381 e. The quantitative estimate of drug-likeness (QED) is 0.553. The lowest BCUT2D eigenvalue weighted by molar-refractivity contribution is -0.181. The molecule has 2 aliphatic heterocycles. The number of rotatable bonds is 10. The molecular formula is C25H29FN2O6. The van der Waals surface area contributed by atoms with Crippen LogP contribution in [-0.2, 0) is 32.2 Å². The number of hydrogen-bond donors (Lipinski definition) is 2. The highest BCUT2D eigenvalue weighted by atomic mass is 19.1. The standard InChI is InChI=1S/C25H29FN2O6/c1-31-16-25(17-32-14-18-8-4-2-5-9-18)22(33-15-19-10-6-3-7-11-19)21(26)23(34-25)28-13-12-20(29)27-24(28)30/h2-13,20-23,29H,14-17H2,1H3,(H,27,30)/t20?,21-,22+,23-,25-/m1/s1. The number of nitrogens with one attached hydrogen (secondary N) is 1. The number of ether oxygens (including phenoxy) is 4. The van der Waals surface area contributed by atoms with Crippen LogP contribution in [0.15, 0.2) is 72.9 Å². The van der Waals surface area contributed by atoms with E-state index in [1.807, 2.05) is 60.7 Å². The van der Waals surface area contributed by atoms with Crippen molar-refractivity contribution in [2.45, 2.75) is 43.5 Å². The van der Waals surface area contributed by atoms with Gasteiger partial charge in [0.2, 0.25) is 0 Å². The van der Waals surface area contributed by atoms with Gasteiger partial charge in [-0.05, 0) is 17.2 Å². The highest BCUT2D eigenvalue weighted by molar-refractivity contribution is 5.77. The third-order valence-corrected chi connectivity index (χ3v) is 5.76. The zero-order chi connectivity index (χ0) is 24.0. The van der Waals surface area contributed by atoms with Crippen LogP contribution in [0.25, 0.3) is 0 Å². The first kappa shape index (κ1) is 24.3. The molecule has 0 bridgehead atoms. The van der Waals surface area contributed by atoms with Crippen molar-refractivity contribution in [3.63, 3.8) is 0 Å². The summed E-state index contributed by atoms with van der Waals surface area (Å²) in [7, 11) is 1.49. The van der Waals surface area contributed by atoms with E-state index in [9.17, 15) is 9.90 Å². The summed E-state index contributed by atoms with van der Waals surface area (Å²) in [5.74, 6) is 0. The Labute approximate surface area is 197 Å².